The average Bonchev–Trinajstić information content (AvgIpc) is 0.754. The van der Waals surface area contributed by atoms with Crippen LogP contribution in [0, 0.1) is 0 Å². The van der Waals surface area contributed by atoms with Crippen LogP contribution in [0.4, 0.5) is 0 Å². The van der Waals surface area contributed by atoms with Gasteiger partial charge in [-0.3, -0.25) is 28.2 Å². The van der Waals surface area contributed by atoms with Gasteiger partial charge in [0.25, 0.3) is 0 Å². The summed E-state index contributed by atoms with van der Waals surface area (Å²) in [7, 11) is -5.80. The molecule has 3 aliphatic rings. The number of unbranched alkanes of at least 4 members (excludes halogenated alkanes) is 53. The molecule has 0 radical (unpaired) electrons. The SMILES string of the molecule is CCCCCCCCCCCCCCCCCCC(=O)OCC1OC(OC2C(OC(=O)CCCCCCCCCCCCCCCCC)C(O)C(O)C(OC3OC(CO)C(O)C(O)C3O)C2OP(=O)(O)OCC(COC(=O)CCCCCCCCCCCCCCC)OC(=O)CCCCCCCCCCCCCCC)C(O)C(O)C1O. The summed E-state index contributed by atoms with van der Waals surface area (Å²) in [5, 5.41) is 102. The highest BCUT2D eigenvalue weighted by molar-refractivity contribution is 7.47. The van der Waals surface area contributed by atoms with Crippen molar-refractivity contribution >= 4 is 31.7 Å². The summed E-state index contributed by atoms with van der Waals surface area (Å²) in [6.07, 6.45) is 26.6. The van der Waals surface area contributed by atoms with Gasteiger partial charge in [-0.25, -0.2) is 4.57 Å². The third-order valence-electron chi connectivity index (χ3n) is 23.4. The Morgan fingerprint density at radius 3 is 0.940 bits per heavy atom. The van der Waals surface area contributed by atoms with E-state index in [9.17, 15) is 74.6 Å². The van der Waals surface area contributed by atoms with Crippen LogP contribution in [0.3, 0.4) is 0 Å². The first-order valence-electron chi connectivity index (χ1n) is 47.3. The average molecular weight is 1680 g/mol. The van der Waals surface area contributed by atoms with E-state index in [1.54, 1.807) is 0 Å². The third kappa shape index (κ3) is 49.7. The molecule has 0 aromatic rings. The van der Waals surface area contributed by atoms with Crippen molar-refractivity contribution in [2.45, 2.75) is 524 Å². The molecular weight excluding hydrogens is 1510 g/mol. The number of carbonyl (C=O) groups excluding carboxylic acids is 4. The maximum atomic E-state index is 14.9. The monoisotopic (exact) mass is 1680 g/mol. The fraction of sp³-hybridized carbons (Fsp3) is 0.956. The second-order valence-corrected chi connectivity index (χ2v) is 35.3. The summed E-state index contributed by atoms with van der Waals surface area (Å²) in [5.41, 5.74) is 0. The van der Waals surface area contributed by atoms with Crippen LogP contribution in [0.5, 0.6) is 0 Å². The number of ether oxygens (including phenoxy) is 8. The van der Waals surface area contributed by atoms with Gasteiger partial charge in [-0.1, -0.05) is 368 Å². The van der Waals surface area contributed by atoms with E-state index in [4.69, 9.17) is 46.9 Å². The largest absolute Gasteiger partial charge is 0.472 e. The van der Waals surface area contributed by atoms with Crippen molar-refractivity contribution in [1.29, 1.82) is 0 Å². The lowest BCUT2D eigenvalue weighted by Crippen LogP contribution is -2.70. The Kier molecular flexibility index (Phi) is 64.8. The summed E-state index contributed by atoms with van der Waals surface area (Å²) in [5.74, 6) is -2.94. The first-order valence-corrected chi connectivity index (χ1v) is 48.8. The van der Waals surface area contributed by atoms with E-state index in [2.05, 4.69) is 27.7 Å². The Labute approximate surface area is 699 Å². The molecule has 10 N–H and O–H groups in total. The third-order valence-corrected chi connectivity index (χ3v) is 24.3. The molecule has 3 fully saturated rings. The zero-order valence-corrected chi connectivity index (χ0v) is 73.7. The van der Waals surface area contributed by atoms with Gasteiger partial charge in [0.2, 0.25) is 0 Å². The molecule has 26 heteroatoms. The lowest BCUT2D eigenvalue weighted by Gasteiger charge is -2.50. The van der Waals surface area contributed by atoms with Crippen LogP contribution >= 0.6 is 7.82 Å². The first kappa shape index (κ1) is 108. The van der Waals surface area contributed by atoms with Crippen molar-refractivity contribution < 1.29 is 122 Å². The second kappa shape index (κ2) is 69.8. The van der Waals surface area contributed by atoms with E-state index in [1.165, 1.54) is 205 Å². The van der Waals surface area contributed by atoms with Gasteiger partial charge < -0.3 is 88.7 Å². The van der Waals surface area contributed by atoms with Crippen molar-refractivity contribution in [3.05, 3.63) is 0 Å². The molecule has 116 heavy (non-hydrogen) atoms. The maximum Gasteiger partial charge on any atom is 0.472 e. The van der Waals surface area contributed by atoms with E-state index in [1.807, 2.05) is 0 Å². The van der Waals surface area contributed by atoms with Crippen LogP contribution in [0.15, 0.2) is 0 Å². The molecule has 1 aliphatic carbocycles. The number of carbonyl (C=O) groups is 4. The van der Waals surface area contributed by atoms with Gasteiger partial charge in [0.15, 0.2) is 24.8 Å². The van der Waals surface area contributed by atoms with Crippen molar-refractivity contribution in [1.82, 2.24) is 0 Å². The quantitative estimate of drug-likeness (QED) is 0.0117. The van der Waals surface area contributed by atoms with Crippen molar-refractivity contribution in [3.8, 4) is 0 Å². The predicted molar refractivity (Wildman–Crippen MR) is 449 cm³/mol. The highest BCUT2D eigenvalue weighted by Gasteiger charge is 2.60. The second-order valence-electron chi connectivity index (χ2n) is 33.9. The van der Waals surface area contributed by atoms with E-state index >= 15 is 0 Å². The molecule has 18 unspecified atom stereocenters. The lowest BCUT2D eigenvalue weighted by atomic mass is 9.84. The van der Waals surface area contributed by atoms with Crippen LogP contribution in [0.1, 0.15) is 419 Å². The number of phosphoric ester groups is 1. The van der Waals surface area contributed by atoms with Crippen LogP contribution in [0.2, 0.25) is 0 Å². The summed E-state index contributed by atoms with van der Waals surface area (Å²) in [4.78, 5) is 66.4. The molecule has 0 spiro atoms. The van der Waals surface area contributed by atoms with E-state index in [-0.39, 0.29) is 25.7 Å². The fourth-order valence-electron chi connectivity index (χ4n) is 15.8. The van der Waals surface area contributed by atoms with Crippen molar-refractivity contribution in [3.63, 3.8) is 0 Å². The Bertz CT molecular complexity index is 2410. The van der Waals surface area contributed by atoms with E-state index in [0.717, 1.165) is 128 Å². The highest BCUT2D eigenvalue weighted by atomic mass is 31.2. The summed E-state index contributed by atoms with van der Waals surface area (Å²) >= 11 is 0. The molecule has 0 amide bonds. The molecule has 1 saturated carbocycles. The number of aliphatic hydroxyl groups excluding tert-OH is 9. The minimum atomic E-state index is -5.80. The summed E-state index contributed by atoms with van der Waals surface area (Å²) in [6, 6.07) is 0. The van der Waals surface area contributed by atoms with Gasteiger partial charge in [0.1, 0.15) is 92.6 Å². The molecule has 18 atom stereocenters. The van der Waals surface area contributed by atoms with Crippen LogP contribution < -0.4 is 0 Å². The molecule has 2 aliphatic heterocycles. The first-order chi connectivity index (χ1) is 56.2. The zero-order chi connectivity index (χ0) is 84.7. The number of hydrogen-bond acceptors (Lipinski definition) is 24. The topological polar surface area (TPSA) is 380 Å². The Balaban J connectivity index is 1.91. The maximum absolute atomic E-state index is 14.9. The van der Waals surface area contributed by atoms with Gasteiger partial charge in [-0.05, 0) is 25.7 Å². The van der Waals surface area contributed by atoms with E-state index < -0.39 is 162 Å². The van der Waals surface area contributed by atoms with Crippen LogP contribution in [-0.4, -0.2) is 205 Å². The van der Waals surface area contributed by atoms with Crippen LogP contribution in [0.25, 0.3) is 0 Å². The number of phosphoric acid groups is 1. The molecule has 2 heterocycles. The summed E-state index contributed by atoms with van der Waals surface area (Å²) in [6.45, 7) is 5.63. The predicted octanol–water partition coefficient (Wildman–Crippen LogP) is 17.4. The van der Waals surface area contributed by atoms with E-state index in [0.29, 0.717) is 32.1 Å². The van der Waals surface area contributed by atoms with Gasteiger partial charge in [-0.2, -0.15) is 0 Å². The van der Waals surface area contributed by atoms with Gasteiger partial charge in [-0.15, -0.1) is 0 Å². The Morgan fingerprint density at radius 1 is 0.310 bits per heavy atom. The molecule has 3 rings (SSSR count). The molecule has 25 nitrogen and oxygen atoms in total. The smallest absolute Gasteiger partial charge is 0.463 e. The molecule has 0 aromatic carbocycles. The van der Waals surface area contributed by atoms with Crippen molar-refractivity contribution in [2.75, 3.05) is 26.4 Å². The molecule has 684 valence electrons. The standard InChI is InChI=1S/C90H169O25P/c1-5-9-13-17-21-25-29-33-35-37-40-43-47-51-55-59-63-74(93)107-69-72-78(97)80(99)84(103)90(111-72)114-87-85(112-76(95)65-61-57-53-49-45-41-36-34-30-26-22-18-14-10-6-2)81(100)82(101)86(113-89-83(102)79(98)77(96)71(66-91)110-89)88(87)115-116(104,105)108-68-70(109-75(94)64-60-56-52-48-44-39-32-28-24-20-16-12-8-4)67-106-73(92)62-58-54-50-46-42-38-31-27-23-19-15-11-7-3/h70-72,77-91,96-103H,5-69H2,1-4H3,(H,104,105). The lowest BCUT2D eigenvalue weighted by molar-refractivity contribution is -0.360. The van der Waals surface area contributed by atoms with Gasteiger partial charge >= 0.3 is 31.7 Å². The number of esters is 4. The number of aliphatic hydroxyl groups is 9. The molecule has 0 aromatic heterocycles. The van der Waals surface area contributed by atoms with Crippen LogP contribution in [-0.2, 0) is 70.7 Å². The minimum Gasteiger partial charge on any atom is -0.463 e. The van der Waals surface area contributed by atoms with Crippen molar-refractivity contribution in [2.24, 2.45) is 0 Å². The molecule has 0 bridgehead atoms. The fourth-order valence-corrected chi connectivity index (χ4v) is 16.8. The molecular formula is C90H169O25P. The van der Waals surface area contributed by atoms with Gasteiger partial charge in [0.05, 0.1) is 13.2 Å². The normalized spacial score (nSPS) is 25.1. The highest BCUT2D eigenvalue weighted by Crippen LogP contribution is 2.49. The Hall–Kier alpha value is -2.53. The Morgan fingerprint density at radius 2 is 0.595 bits per heavy atom. The minimum absolute atomic E-state index is 0.0205. The van der Waals surface area contributed by atoms with Gasteiger partial charge in [0, 0.05) is 25.7 Å². The zero-order valence-electron chi connectivity index (χ0n) is 72.8. The number of rotatable bonds is 77. The summed E-state index contributed by atoms with van der Waals surface area (Å²) < 4.78 is 73.4. The molecule has 2 saturated heterocycles. The number of hydrogen-bond donors (Lipinski definition) is 10.